The van der Waals surface area contributed by atoms with Crippen LogP contribution < -0.4 is 0 Å². The molecule has 4 rings (SSSR count). The molecule has 0 aliphatic carbocycles. The van der Waals surface area contributed by atoms with Crippen molar-refractivity contribution in [1.82, 2.24) is 18.8 Å². The summed E-state index contributed by atoms with van der Waals surface area (Å²) in [5, 5.41) is 4.09. The van der Waals surface area contributed by atoms with Gasteiger partial charge in [-0.15, -0.1) is 0 Å². The first-order valence-electron chi connectivity index (χ1n) is 9.44. The van der Waals surface area contributed by atoms with Crippen molar-refractivity contribution in [3.63, 3.8) is 0 Å². The standard InChI is InChI=1S/C22H20FN5O2S/c1-15-6-7-19(23)10-21(15)31(29,30)27(3)26-13-20-12-25-22-16(2)9-18(14-28(20)22)17-5-4-8-24-11-17/h4-14H,1-3H3/b26-13+. The Morgan fingerprint density at radius 3 is 2.65 bits per heavy atom. The Kier molecular flexibility index (Phi) is 5.28. The third-order valence-electron chi connectivity index (χ3n) is 4.94. The quantitative estimate of drug-likeness (QED) is 0.351. The van der Waals surface area contributed by atoms with Crippen LogP contribution in [0.15, 0.2) is 71.2 Å². The molecule has 3 aromatic heterocycles. The highest BCUT2D eigenvalue weighted by Crippen LogP contribution is 2.23. The lowest BCUT2D eigenvalue weighted by atomic mass is 10.1. The first kappa shape index (κ1) is 20.7. The number of hydrogen-bond donors (Lipinski definition) is 0. The summed E-state index contributed by atoms with van der Waals surface area (Å²) in [4.78, 5) is 8.45. The van der Waals surface area contributed by atoms with Gasteiger partial charge in [0, 0.05) is 36.8 Å². The van der Waals surface area contributed by atoms with Crippen LogP contribution in [0.5, 0.6) is 0 Å². The Bertz CT molecular complexity index is 1400. The van der Waals surface area contributed by atoms with E-state index in [0.717, 1.165) is 32.8 Å². The van der Waals surface area contributed by atoms with Crippen LogP contribution in [0.4, 0.5) is 4.39 Å². The van der Waals surface area contributed by atoms with Crippen LogP contribution in [0, 0.1) is 19.7 Å². The number of aromatic nitrogens is 3. The maximum atomic E-state index is 13.6. The van der Waals surface area contributed by atoms with Gasteiger partial charge in [-0.25, -0.2) is 9.37 Å². The van der Waals surface area contributed by atoms with Gasteiger partial charge in [0.25, 0.3) is 10.0 Å². The fourth-order valence-corrected chi connectivity index (χ4v) is 4.45. The minimum absolute atomic E-state index is 0.125. The number of hydrazone groups is 1. The molecule has 0 radical (unpaired) electrons. The average Bonchev–Trinajstić information content (AvgIpc) is 3.17. The van der Waals surface area contributed by atoms with E-state index in [0.29, 0.717) is 11.3 Å². The van der Waals surface area contributed by atoms with Crippen LogP contribution in [0.2, 0.25) is 0 Å². The number of benzene rings is 1. The van der Waals surface area contributed by atoms with Crippen LogP contribution in [0.3, 0.4) is 0 Å². The molecule has 1 aromatic carbocycles. The molecule has 0 bridgehead atoms. The van der Waals surface area contributed by atoms with E-state index in [9.17, 15) is 12.8 Å². The molecule has 0 aliphatic heterocycles. The first-order chi connectivity index (χ1) is 14.8. The van der Waals surface area contributed by atoms with Crippen molar-refractivity contribution in [1.29, 1.82) is 0 Å². The summed E-state index contributed by atoms with van der Waals surface area (Å²) in [6.45, 7) is 3.56. The van der Waals surface area contributed by atoms with Crippen molar-refractivity contribution in [2.24, 2.45) is 5.10 Å². The van der Waals surface area contributed by atoms with Gasteiger partial charge >= 0.3 is 0 Å². The Morgan fingerprint density at radius 2 is 1.90 bits per heavy atom. The van der Waals surface area contributed by atoms with Gasteiger partial charge in [0.15, 0.2) is 0 Å². The van der Waals surface area contributed by atoms with Crippen LogP contribution >= 0.6 is 0 Å². The van der Waals surface area contributed by atoms with Gasteiger partial charge in [0.1, 0.15) is 11.5 Å². The van der Waals surface area contributed by atoms with Crippen molar-refractivity contribution in [3.8, 4) is 11.1 Å². The van der Waals surface area contributed by atoms with Gasteiger partial charge in [-0.3, -0.25) is 9.38 Å². The maximum Gasteiger partial charge on any atom is 0.279 e. The summed E-state index contributed by atoms with van der Waals surface area (Å²) in [5.41, 5.74) is 4.63. The number of nitrogens with zero attached hydrogens (tertiary/aromatic N) is 5. The average molecular weight is 438 g/mol. The highest BCUT2D eigenvalue weighted by atomic mass is 32.2. The zero-order valence-corrected chi connectivity index (χ0v) is 18.0. The fraction of sp³-hybridized carbons (Fsp3) is 0.136. The molecule has 7 nitrogen and oxygen atoms in total. The molecule has 9 heteroatoms. The summed E-state index contributed by atoms with van der Waals surface area (Å²) in [5.74, 6) is -0.623. The molecule has 0 aliphatic rings. The second-order valence-corrected chi connectivity index (χ2v) is 9.04. The molecule has 0 unspecified atom stereocenters. The molecule has 0 N–H and O–H groups in total. The van der Waals surface area contributed by atoms with Gasteiger partial charge < -0.3 is 0 Å². The third kappa shape index (κ3) is 3.91. The SMILES string of the molecule is Cc1ccc(F)cc1S(=O)(=O)N(C)/N=C/c1cnc2c(C)cc(-c3cccnc3)cn12. The molecule has 0 spiro atoms. The molecule has 3 heterocycles. The van der Waals surface area contributed by atoms with E-state index >= 15 is 0 Å². The second kappa shape index (κ2) is 7.92. The van der Waals surface area contributed by atoms with E-state index in [2.05, 4.69) is 15.1 Å². The van der Waals surface area contributed by atoms with Crippen molar-refractivity contribution in [2.75, 3.05) is 7.05 Å². The minimum atomic E-state index is -4.00. The largest absolute Gasteiger partial charge is 0.298 e. The lowest BCUT2D eigenvalue weighted by Crippen LogP contribution is -2.23. The van der Waals surface area contributed by atoms with Crippen LogP contribution in [0.1, 0.15) is 16.8 Å². The van der Waals surface area contributed by atoms with Crippen LogP contribution in [-0.2, 0) is 10.0 Å². The Labute approximate surface area is 179 Å². The number of rotatable bonds is 5. The summed E-state index contributed by atoms with van der Waals surface area (Å²) in [6, 6.07) is 9.47. The predicted molar refractivity (Wildman–Crippen MR) is 117 cm³/mol. The first-order valence-corrected chi connectivity index (χ1v) is 10.9. The number of halogens is 1. The molecular weight excluding hydrogens is 417 g/mol. The van der Waals surface area contributed by atoms with E-state index in [4.69, 9.17) is 0 Å². The van der Waals surface area contributed by atoms with Crippen molar-refractivity contribution < 1.29 is 12.8 Å². The fourth-order valence-electron chi connectivity index (χ4n) is 3.26. The highest BCUT2D eigenvalue weighted by molar-refractivity contribution is 7.89. The van der Waals surface area contributed by atoms with Crippen molar-refractivity contribution in [2.45, 2.75) is 18.7 Å². The number of pyridine rings is 2. The zero-order valence-electron chi connectivity index (χ0n) is 17.2. The molecule has 31 heavy (non-hydrogen) atoms. The summed E-state index contributed by atoms with van der Waals surface area (Å²) in [6.07, 6.45) is 8.41. The number of hydrogen-bond acceptors (Lipinski definition) is 5. The van der Waals surface area contributed by atoms with Gasteiger partial charge in [0.2, 0.25) is 0 Å². The molecule has 0 saturated heterocycles. The van der Waals surface area contributed by atoms with Crippen molar-refractivity contribution >= 4 is 21.9 Å². The Balaban J connectivity index is 1.71. The van der Waals surface area contributed by atoms with Gasteiger partial charge in [-0.05, 0) is 49.2 Å². The lowest BCUT2D eigenvalue weighted by molar-refractivity contribution is 0.489. The second-order valence-electron chi connectivity index (χ2n) is 7.12. The number of sulfonamides is 1. The Hall–Kier alpha value is -3.59. The molecule has 4 aromatic rings. The molecule has 0 saturated carbocycles. The minimum Gasteiger partial charge on any atom is -0.298 e. The highest BCUT2D eigenvalue weighted by Gasteiger charge is 2.22. The van der Waals surface area contributed by atoms with Gasteiger partial charge in [-0.2, -0.15) is 17.9 Å². The molecule has 0 fully saturated rings. The molecule has 0 amide bonds. The van der Waals surface area contributed by atoms with Crippen LogP contribution in [-0.4, -0.2) is 40.5 Å². The van der Waals surface area contributed by atoms with Gasteiger partial charge in [-0.1, -0.05) is 12.1 Å². The predicted octanol–water partition coefficient (Wildman–Crippen LogP) is 3.81. The Morgan fingerprint density at radius 1 is 1.10 bits per heavy atom. The zero-order chi connectivity index (χ0) is 22.2. The summed E-state index contributed by atoms with van der Waals surface area (Å²) < 4.78 is 41.9. The monoisotopic (exact) mass is 437 g/mol. The molecule has 0 atom stereocenters. The van der Waals surface area contributed by atoms with E-state index in [1.807, 2.05) is 35.7 Å². The maximum absolute atomic E-state index is 13.6. The van der Waals surface area contributed by atoms with E-state index in [1.165, 1.54) is 25.4 Å². The van der Waals surface area contributed by atoms with Crippen LogP contribution in [0.25, 0.3) is 16.8 Å². The molecule has 158 valence electrons. The van der Waals surface area contributed by atoms with Crippen molar-refractivity contribution in [3.05, 3.63) is 83.8 Å². The number of imidazole rings is 1. The van der Waals surface area contributed by atoms with E-state index < -0.39 is 15.8 Å². The molecular formula is C22H20FN5O2S. The normalized spacial score (nSPS) is 12.0. The number of aryl methyl sites for hydroxylation is 2. The third-order valence-corrected chi connectivity index (χ3v) is 6.73. The summed E-state index contributed by atoms with van der Waals surface area (Å²) >= 11 is 0. The van der Waals surface area contributed by atoms with Gasteiger partial charge in [0.05, 0.1) is 23.0 Å². The lowest BCUT2D eigenvalue weighted by Gasteiger charge is -2.15. The van der Waals surface area contributed by atoms with E-state index in [1.54, 1.807) is 25.5 Å². The smallest absolute Gasteiger partial charge is 0.279 e. The number of fused-ring (bicyclic) bond motifs is 1. The topological polar surface area (TPSA) is 79.9 Å². The summed E-state index contributed by atoms with van der Waals surface area (Å²) in [7, 11) is -2.69. The van der Waals surface area contributed by atoms with E-state index in [-0.39, 0.29) is 4.90 Å².